The standard InChI is InChI=1S/C18H28N6/c1-5-6-9-23-10-7-14(8-11-23)22-16-15-12-21-24(18(2,3)4)17(15)20-13-19-16/h5,12-14H,1,6-11H2,2-4H3,(H,19,20,22). The monoisotopic (exact) mass is 328 g/mol. The van der Waals surface area contributed by atoms with Gasteiger partial charge < -0.3 is 10.2 Å². The Kier molecular flexibility index (Phi) is 4.85. The van der Waals surface area contributed by atoms with Crippen LogP contribution in [0.25, 0.3) is 11.0 Å². The Labute approximate surface area is 144 Å². The Morgan fingerprint density at radius 3 is 2.71 bits per heavy atom. The number of aromatic nitrogens is 4. The van der Waals surface area contributed by atoms with Gasteiger partial charge in [0.05, 0.1) is 17.1 Å². The number of nitrogens with zero attached hydrogens (tertiary/aromatic N) is 5. The molecule has 2 aromatic heterocycles. The Morgan fingerprint density at radius 1 is 1.29 bits per heavy atom. The van der Waals surface area contributed by atoms with Gasteiger partial charge in [-0.15, -0.1) is 6.58 Å². The highest BCUT2D eigenvalue weighted by molar-refractivity contribution is 5.86. The summed E-state index contributed by atoms with van der Waals surface area (Å²) < 4.78 is 1.97. The molecule has 0 bridgehead atoms. The third-order valence-electron chi connectivity index (χ3n) is 4.58. The summed E-state index contributed by atoms with van der Waals surface area (Å²) in [6.45, 7) is 13.6. The molecule has 1 saturated heterocycles. The van der Waals surface area contributed by atoms with E-state index in [9.17, 15) is 0 Å². The van der Waals surface area contributed by atoms with Crippen LogP contribution in [-0.4, -0.2) is 50.3 Å². The summed E-state index contributed by atoms with van der Waals surface area (Å²) in [6.07, 6.45) is 8.84. The van der Waals surface area contributed by atoms with E-state index in [4.69, 9.17) is 0 Å². The lowest BCUT2D eigenvalue weighted by Gasteiger charge is -2.32. The average molecular weight is 328 g/mol. The number of hydrogen-bond acceptors (Lipinski definition) is 5. The molecule has 1 fully saturated rings. The van der Waals surface area contributed by atoms with Crippen LogP contribution in [0.3, 0.4) is 0 Å². The van der Waals surface area contributed by atoms with Gasteiger partial charge in [0.15, 0.2) is 5.65 Å². The second-order valence-electron chi connectivity index (χ2n) is 7.52. The molecule has 1 aliphatic rings. The molecule has 0 amide bonds. The topological polar surface area (TPSA) is 58.9 Å². The molecule has 0 aliphatic carbocycles. The number of rotatable bonds is 5. The lowest BCUT2D eigenvalue weighted by atomic mass is 10.0. The van der Waals surface area contributed by atoms with Crippen molar-refractivity contribution in [3.63, 3.8) is 0 Å². The number of nitrogens with one attached hydrogen (secondary N) is 1. The van der Waals surface area contributed by atoms with Crippen LogP contribution in [0.4, 0.5) is 5.82 Å². The molecule has 0 saturated carbocycles. The zero-order chi connectivity index (χ0) is 17.2. The molecule has 24 heavy (non-hydrogen) atoms. The van der Waals surface area contributed by atoms with E-state index >= 15 is 0 Å². The van der Waals surface area contributed by atoms with Crippen LogP contribution in [-0.2, 0) is 5.54 Å². The van der Waals surface area contributed by atoms with Crippen LogP contribution in [0.5, 0.6) is 0 Å². The van der Waals surface area contributed by atoms with Crippen molar-refractivity contribution < 1.29 is 0 Å². The van der Waals surface area contributed by atoms with Crippen molar-refractivity contribution in [1.29, 1.82) is 0 Å². The molecule has 0 atom stereocenters. The fourth-order valence-electron chi connectivity index (χ4n) is 3.22. The number of anilines is 1. The van der Waals surface area contributed by atoms with E-state index in [1.165, 1.54) is 0 Å². The zero-order valence-corrected chi connectivity index (χ0v) is 15.0. The van der Waals surface area contributed by atoms with Crippen LogP contribution >= 0.6 is 0 Å². The predicted octanol–water partition coefficient (Wildman–Crippen LogP) is 3.03. The molecule has 2 aromatic rings. The van der Waals surface area contributed by atoms with Gasteiger partial charge in [-0.2, -0.15) is 5.10 Å². The lowest BCUT2D eigenvalue weighted by molar-refractivity contribution is 0.222. The molecule has 1 aliphatic heterocycles. The van der Waals surface area contributed by atoms with E-state index in [1.54, 1.807) is 6.33 Å². The fraction of sp³-hybridized carbons (Fsp3) is 0.611. The number of fused-ring (bicyclic) bond motifs is 1. The van der Waals surface area contributed by atoms with Gasteiger partial charge in [-0.25, -0.2) is 14.6 Å². The van der Waals surface area contributed by atoms with E-state index in [0.29, 0.717) is 6.04 Å². The molecule has 130 valence electrons. The minimum absolute atomic E-state index is 0.0934. The minimum Gasteiger partial charge on any atom is -0.367 e. The molecule has 0 spiro atoms. The predicted molar refractivity (Wildman–Crippen MR) is 98.2 cm³/mol. The molecule has 3 rings (SSSR count). The van der Waals surface area contributed by atoms with Gasteiger partial charge in [-0.3, -0.25) is 0 Å². The Hall–Kier alpha value is -1.95. The Balaban J connectivity index is 1.70. The summed E-state index contributed by atoms with van der Waals surface area (Å²) in [5.74, 6) is 0.903. The summed E-state index contributed by atoms with van der Waals surface area (Å²) in [7, 11) is 0. The summed E-state index contributed by atoms with van der Waals surface area (Å²) in [5, 5.41) is 9.14. The largest absolute Gasteiger partial charge is 0.367 e. The van der Waals surface area contributed by atoms with Gasteiger partial charge >= 0.3 is 0 Å². The van der Waals surface area contributed by atoms with Crippen molar-refractivity contribution in [1.82, 2.24) is 24.6 Å². The Bertz CT molecular complexity index is 691. The van der Waals surface area contributed by atoms with Crippen LogP contribution in [0, 0.1) is 0 Å². The molecule has 0 radical (unpaired) electrons. The first-order valence-electron chi connectivity index (χ1n) is 8.78. The van der Waals surface area contributed by atoms with Gasteiger partial charge in [-0.1, -0.05) is 6.08 Å². The number of piperidine rings is 1. The molecular weight excluding hydrogens is 300 g/mol. The van der Waals surface area contributed by atoms with Gasteiger partial charge in [0.1, 0.15) is 12.1 Å². The van der Waals surface area contributed by atoms with Crippen LogP contribution in [0.15, 0.2) is 25.2 Å². The number of likely N-dealkylation sites (tertiary alicyclic amines) is 1. The first-order valence-corrected chi connectivity index (χ1v) is 8.78. The molecule has 0 aromatic carbocycles. The molecule has 6 nitrogen and oxygen atoms in total. The SMILES string of the molecule is C=CCCN1CCC(Nc2ncnc3c2cnn3C(C)(C)C)CC1. The highest BCUT2D eigenvalue weighted by atomic mass is 15.3. The fourth-order valence-corrected chi connectivity index (χ4v) is 3.22. The average Bonchev–Trinajstić information content (AvgIpc) is 2.99. The second-order valence-corrected chi connectivity index (χ2v) is 7.52. The van der Waals surface area contributed by atoms with Crippen LogP contribution < -0.4 is 5.32 Å². The van der Waals surface area contributed by atoms with Crippen molar-refractivity contribution in [3.8, 4) is 0 Å². The first kappa shape index (κ1) is 16.9. The normalized spacial score (nSPS) is 17.3. The Morgan fingerprint density at radius 2 is 2.04 bits per heavy atom. The smallest absolute Gasteiger partial charge is 0.163 e. The van der Waals surface area contributed by atoms with Gasteiger partial charge in [0.25, 0.3) is 0 Å². The van der Waals surface area contributed by atoms with E-state index in [2.05, 4.69) is 52.6 Å². The van der Waals surface area contributed by atoms with Crippen molar-refractivity contribution >= 4 is 16.9 Å². The summed E-state index contributed by atoms with van der Waals surface area (Å²) in [4.78, 5) is 11.4. The second kappa shape index (κ2) is 6.89. The van der Waals surface area contributed by atoms with E-state index < -0.39 is 0 Å². The first-order chi connectivity index (χ1) is 11.5. The van der Waals surface area contributed by atoms with Crippen molar-refractivity contribution in [2.24, 2.45) is 0 Å². The third-order valence-corrected chi connectivity index (χ3v) is 4.58. The molecular formula is C18H28N6. The summed E-state index contributed by atoms with van der Waals surface area (Å²) in [5.41, 5.74) is 0.799. The molecule has 3 heterocycles. The van der Waals surface area contributed by atoms with Gasteiger partial charge in [0.2, 0.25) is 0 Å². The van der Waals surface area contributed by atoms with E-state index in [1.807, 2.05) is 17.0 Å². The van der Waals surface area contributed by atoms with Crippen molar-refractivity contribution in [2.75, 3.05) is 25.0 Å². The highest BCUT2D eigenvalue weighted by Gasteiger charge is 2.22. The minimum atomic E-state index is -0.0934. The molecule has 6 heteroatoms. The summed E-state index contributed by atoms with van der Waals surface area (Å²) >= 11 is 0. The number of hydrogen-bond donors (Lipinski definition) is 1. The maximum absolute atomic E-state index is 4.52. The molecule has 0 unspecified atom stereocenters. The highest BCUT2D eigenvalue weighted by Crippen LogP contribution is 2.25. The van der Waals surface area contributed by atoms with Gasteiger partial charge in [-0.05, 0) is 40.0 Å². The van der Waals surface area contributed by atoms with Crippen molar-refractivity contribution in [3.05, 3.63) is 25.2 Å². The van der Waals surface area contributed by atoms with Gasteiger partial charge in [0, 0.05) is 25.7 Å². The third kappa shape index (κ3) is 3.59. The maximum Gasteiger partial charge on any atom is 0.163 e. The quantitative estimate of drug-likeness (QED) is 0.855. The maximum atomic E-state index is 4.52. The van der Waals surface area contributed by atoms with Crippen LogP contribution in [0.1, 0.15) is 40.0 Å². The zero-order valence-electron chi connectivity index (χ0n) is 15.0. The van der Waals surface area contributed by atoms with E-state index in [-0.39, 0.29) is 5.54 Å². The lowest BCUT2D eigenvalue weighted by Crippen LogP contribution is -2.39. The summed E-state index contributed by atoms with van der Waals surface area (Å²) in [6, 6.07) is 0.459. The van der Waals surface area contributed by atoms with Crippen molar-refractivity contribution in [2.45, 2.75) is 51.6 Å². The molecule has 1 N–H and O–H groups in total. The van der Waals surface area contributed by atoms with Crippen LogP contribution in [0.2, 0.25) is 0 Å². The van der Waals surface area contributed by atoms with E-state index in [0.717, 1.165) is 55.7 Å².